The largest absolute Gasteiger partial charge is 0.480 e. The number of ether oxygens (including phenoxy) is 2. The van der Waals surface area contributed by atoms with E-state index in [1.54, 1.807) is 6.07 Å². The van der Waals surface area contributed by atoms with Crippen LogP contribution >= 0.6 is 0 Å². The van der Waals surface area contributed by atoms with Gasteiger partial charge in [0.05, 0.1) is 25.5 Å². The maximum atomic E-state index is 12.9. The van der Waals surface area contributed by atoms with E-state index < -0.39 is 12.3 Å². The van der Waals surface area contributed by atoms with Crippen LogP contribution in [-0.2, 0) is 6.54 Å². The Labute approximate surface area is 137 Å². The van der Waals surface area contributed by atoms with Crippen molar-refractivity contribution >= 4 is 0 Å². The van der Waals surface area contributed by atoms with Crippen LogP contribution in [0, 0.1) is 5.92 Å². The third kappa shape index (κ3) is 2.99. The van der Waals surface area contributed by atoms with Gasteiger partial charge in [0.15, 0.2) is 0 Å². The van der Waals surface area contributed by atoms with Crippen LogP contribution in [0.2, 0.25) is 0 Å². The lowest BCUT2D eigenvalue weighted by atomic mass is 10.0. The molecular weight excluding hydrogens is 320 g/mol. The Morgan fingerprint density at radius 3 is 2.67 bits per heavy atom. The molecule has 0 aromatic carbocycles. The monoisotopic (exact) mass is 337 g/mol. The number of hydrogen-bond donors (Lipinski definition) is 1. The highest BCUT2D eigenvalue weighted by Crippen LogP contribution is 2.52. The molecule has 0 spiro atoms. The summed E-state index contributed by atoms with van der Waals surface area (Å²) in [5.41, 5.74) is 7.84. The highest BCUT2D eigenvalue weighted by molar-refractivity contribution is 5.65. The van der Waals surface area contributed by atoms with Gasteiger partial charge in [0.1, 0.15) is 5.69 Å². The topological polar surface area (TPSA) is 96.0 Å². The van der Waals surface area contributed by atoms with Gasteiger partial charge in [-0.15, -0.1) is 5.10 Å². The van der Waals surface area contributed by atoms with Gasteiger partial charge in [-0.2, -0.15) is 10.1 Å². The molecule has 24 heavy (non-hydrogen) atoms. The van der Waals surface area contributed by atoms with Crippen LogP contribution in [0.1, 0.15) is 23.6 Å². The fraction of sp³-hybridized carbons (Fsp3) is 0.467. The summed E-state index contributed by atoms with van der Waals surface area (Å²) in [6, 6.07) is 1.87. The normalized spacial score (nSPS) is 19.4. The van der Waals surface area contributed by atoms with Gasteiger partial charge in [0, 0.05) is 18.7 Å². The Kier molecular flexibility index (Phi) is 4.52. The van der Waals surface area contributed by atoms with Crippen LogP contribution in [0.4, 0.5) is 8.78 Å². The van der Waals surface area contributed by atoms with E-state index in [0.29, 0.717) is 28.9 Å². The SMILES string of the molecule is COc1ncc(-c2cc([C@H]3C[C@@H]3C(F)F)c(CN)nn2)c(OC)n1. The first-order chi connectivity index (χ1) is 11.6. The molecule has 1 fully saturated rings. The van der Waals surface area contributed by atoms with Crippen molar-refractivity contribution in [3.8, 4) is 23.1 Å². The van der Waals surface area contributed by atoms with Gasteiger partial charge in [-0.05, 0) is 24.0 Å². The standard InChI is InChI=1S/C15H17F2N5O2/c1-23-14-10(6-19-15(20-14)24-2)11-4-8(12(5-18)22-21-11)7-3-9(7)13(16)17/h4,6-7,9,13H,3,5,18H2,1-2H3/t7-,9+/m1/s1. The van der Waals surface area contributed by atoms with E-state index in [1.165, 1.54) is 20.4 Å². The van der Waals surface area contributed by atoms with Crippen LogP contribution in [-0.4, -0.2) is 40.8 Å². The van der Waals surface area contributed by atoms with E-state index >= 15 is 0 Å². The first kappa shape index (κ1) is 16.4. The zero-order valence-electron chi connectivity index (χ0n) is 13.2. The lowest BCUT2D eigenvalue weighted by Gasteiger charge is -2.11. The Balaban J connectivity index is 2.01. The van der Waals surface area contributed by atoms with Crippen LogP contribution in [0.5, 0.6) is 11.9 Å². The second-order valence-corrected chi connectivity index (χ2v) is 5.46. The van der Waals surface area contributed by atoms with Gasteiger partial charge >= 0.3 is 6.01 Å². The number of aromatic nitrogens is 4. The van der Waals surface area contributed by atoms with E-state index in [0.717, 1.165) is 0 Å². The number of rotatable bonds is 6. The Bertz CT molecular complexity index is 744. The molecule has 0 radical (unpaired) electrons. The van der Waals surface area contributed by atoms with Crippen LogP contribution < -0.4 is 15.2 Å². The quantitative estimate of drug-likeness (QED) is 0.858. The summed E-state index contributed by atoms with van der Waals surface area (Å²) in [4.78, 5) is 8.13. The lowest BCUT2D eigenvalue weighted by Crippen LogP contribution is -2.08. The summed E-state index contributed by atoms with van der Waals surface area (Å²) in [5, 5.41) is 8.19. The van der Waals surface area contributed by atoms with Crippen molar-refractivity contribution < 1.29 is 18.3 Å². The minimum absolute atomic E-state index is 0.144. The van der Waals surface area contributed by atoms with Crippen LogP contribution in [0.3, 0.4) is 0 Å². The number of halogens is 2. The maximum absolute atomic E-state index is 12.9. The molecule has 1 aliphatic carbocycles. The molecular formula is C15H17F2N5O2. The van der Waals surface area contributed by atoms with E-state index in [9.17, 15) is 8.78 Å². The zero-order valence-corrected chi connectivity index (χ0v) is 13.2. The maximum Gasteiger partial charge on any atom is 0.319 e. The van der Waals surface area contributed by atoms with E-state index in [2.05, 4.69) is 20.2 Å². The third-order valence-corrected chi connectivity index (χ3v) is 4.04. The third-order valence-electron chi connectivity index (χ3n) is 4.04. The molecule has 7 nitrogen and oxygen atoms in total. The average molecular weight is 337 g/mol. The Morgan fingerprint density at radius 2 is 2.08 bits per heavy atom. The Hall–Kier alpha value is -2.42. The summed E-state index contributed by atoms with van der Waals surface area (Å²) in [6.45, 7) is 0.144. The molecule has 0 unspecified atom stereocenters. The molecule has 0 bridgehead atoms. The molecule has 9 heteroatoms. The molecule has 2 N–H and O–H groups in total. The fourth-order valence-electron chi connectivity index (χ4n) is 2.67. The second kappa shape index (κ2) is 6.60. The molecule has 2 aromatic heterocycles. The van der Waals surface area contributed by atoms with E-state index in [-0.39, 0.29) is 24.4 Å². The van der Waals surface area contributed by atoms with Crippen molar-refractivity contribution in [3.63, 3.8) is 0 Å². The van der Waals surface area contributed by atoms with Crippen LogP contribution in [0.15, 0.2) is 12.3 Å². The smallest absolute Gasteiger partial charge is 0.319 e. The van der Waals surface area contributed by atoms with Gasteiger partial charge in [-0.1, -0.05) is 0 Å². The molecule has 2 atom stereocenters. The second-order valence-electron chi connectivity index (χ2n) is 5.46. The minimum atomic E-state index is -2.35. The summed E-state index contributed by atoms with van der Waals surface area (Å²) < 4.78 is 36.0. The van der Waals surface area contributed by atoms with Gasteiger partial charge in [-0.25, -0.2) is 13.8 Å². The molecule has 2 heterocycles. The number of methoxy groups -OCH3 is 2. The van der Waals surface area contributed by atoms with Gasteiger partial charge in [0.25, 0.3) is 0 Å². The number of nitrogens with two attached hydrogens (primary N) is 1. The molecule has 1 aliphatic rings. The molecule has 2 aromatic rings. The summed E-state index contributed by atoms with van der Waals surface area (Å²) >= 11 is 0. The molecule has 1 saturated carbocycles. The van der Waals surface area contributed by atoms with Crippen molar-refractivity contribution in [2.75, 3.05) is 14.2 Å². The highest BCUT2D eigenvalue weighted by atomic mass is 19.3. The van der Waals surface area contributed by atoms with Crippen molar-refractivity contribution in [1.82, 2.24) is 20.2 Å². The predicted octanol–water partition coefficient (Wildman–Crippen LogP) is 1.78. The lowest BCUT2D eigenvalue weighted by molar-refractivity contribution is 0.120. The molecule has 0 amide bonds. The van der Waals surface area contributed by atoms with Crippen molar-refractivity contribution in [3.05, 3.63) is 23.5 Å². The molecule has 0 saturated heterocycles. The van der Waals surface area contributed by atoms with Crippen molar-refractivity contribution in [2.24, 2.45) is 11.7 Å². The number of hydrogen-bond acceptors (Lipinski definition) is 7. The molecule has 3 rings (SSSR count). The zero-order chi connectivity index (χ0) is 17.3. The van der Waals surface area contributed by atoms with E-state index in [1.807, 2.05) is 0 Å². The van der Waals surface area contributed by atoms with Gasteiger partial charge in [0.2, 0.25) is 12.3 Å². The van der Waals surface area contributed by atoms with Gasteiger partial charge < -0.3 is 15.2 Å². The molecule has 0 aliphatic heterocycles. The fourth-order valence-corrected chi connectivity index (χ4v) is 2.67. The van der Waals surface area contributed by atoms with Crippen molar-refractivity contribution in [2.45, 2.75) is 25.3 Å². The summed E-state index contributed by atoms with van der Waals surface area (Å²) in [7, 11) is 2.90. The summed E-state index contributed by atoms with van der Waals surface area (Å²) in [5.74, 6) is -0.631. The average Bonchev–Trinajstić information content (AvgIpc) is 3.41. The van der Waals surface area contributed by atoms with Gasteiger partial charge in [-0.3, -0.25) is 0 Å². The van der Waals surface area contributed by atoms with Crippen LogP contribution in [0.25, 0.3) is 11.3 Å². The molecule has 128 valence electrons. The number of nitrogens with zero attached hydrogens (tertiary/aromatic N) is 4. The Morgan fingerprint density at radius 1 is 1.29 bits per heavy atom. The highest BCUT2D eigenvalue weighted by Gasteiger charge is 2.46. The van der Waals surface area contributed by atoms with E-state index in [4.69, 9.17) is 15.2 Å². The first-order valence-corrected chi connectivity index (χ1v) is 7.39. The van der Waals surface area contributed by atoms with Crippen molar-refractivity contribution in [1.29, 1.82) is 0 Å². The summed E-state index contributed by atoms with van der Waals surface area (Å²) in [6.07, 6.45) is -0.430. The predicted molar refractivity (Wildman–Crippen MR) is 80.9 cm³/mol. The first-order valence-electron chi connectivity index (χ1n) is 7.39. The minimum Gasteiger partial charge on any atom is -0.480 e. The number of alkyl halides is 2.